The molecule has 2 fully saturated rings. The van der Waals surface area contributed by atoms with Crippen LogP contribution in [0, 0.1) is 25.7 Å². The van der Waals surface area contributed by atoms with Gasteiger partial charge in [0.2, 0.25) is 0 Å². The molecule has 2 aromatic carbocycles. The monoisotopic (exact) mass is 690 g/mol. The number of fused-ring (bicyclic) bond motifs is 2. The van der Waals surface area contributed by atoms with Crippen molar-refractivity contribution in [3.63, 3.8) is 0 Å². The molecule has 2 aliphatic heterocycles. The third-order valence-corrected chi connectivity index (χ3v) is 9.29. The second kappa shape index (κ2) is 16.1. The molecule has 6 rings (SSSR count). The van der Waals surface area contributed by atoms with Gasteiger partial charge in [-0.15, -0.1) is 0 Å². The molecule has 0 bridgehead atoms. The molecule has 0 N–H and O–H groups in total. The van der Waals surface area contributed by atoms with Crippen molar-refractivity contribution < 1.29 is 42.1 Å². The zero-order valence-electron chi connectivity index (χ0n) is 29.2. The Labute approximate surface area is 290 Å². The van der Waals surface area contributed by atoms with Gasteiger partial charge in [-0.2, -0.15) is 0 Å². The summed E-state index contributed by atoms with van der Waals surface area (Å²) in [4.78, 5) is 37.6. The first-order valence-corrected chi connectivity index (χ1v) is 17.6. The summed E-state index contributed by atoms with van der Waals surface area (Å²) in [7, 11) is 0. The minimum absolute atomic E-state index is 0.103. The quantitative estimate of drug-likeness (QED) is 0.108. The van der Waals surface area contributed by atoms with Gasteiger partial charge in [-0.25, -0.2) is 14.4 Å². The van der Waals surface area contributed by atoms with E-state index in [-0.39, 0.29) is 37.6 Å². The SMILES string of the molecule is Cc1c(OC2CCCCO2)ccc2c(CC(C)COC(=O)OCC(C)Cc3cc(=O)oc4c(C)c(OC5CCCCO5)ccc34)cc(=O)oc12. The van der Waals surface area contributed by atoms with Gasteiger partial charge in [-0.1, -0.05) is 13.8 Å². The number of benzene rings is 2. The van der Waals surface area contributed by atoms with Crippen molar-refractivity contribution >= 4 is 28.1 Å². The van der Waals surface area contributed by atoms with Crippen molar-refractivity contribution in [2.45, 2.75) is 91.6 Å². The van der Waals surface area contributed by atoms with Crippen LogP contribution < -0.4 is 20.7 Å². The normalized spacial score (nSPS) is 19.2. The van der Waals surface area contributed by atoms with Crippen molar-refractivity contribution in [1.29, 1.82) is 0 Å². The van der Waals surface area contributed by atoms with Crippen LogP contribution >= 0.6 is 0 Å². The van der Waals surface area contributed by atoms with Crippen LogP contribution in [-0.2, 0) is 31.8 Å². The van der Waals surface area contributed by atoms with Gasteiger partial charge in [0.1, 0.15) is 22.7 Å². The minimum atomic E-state index is -0.774. The van der Waals surface area contributed by atoms with E-state index in [0.717, 1.165) is 71.6 Å². The Kier molecular flexibility index (Phi) is 11.4. The lowest BCUT2D eigenvalue weighted by molar-refractivity contribution is -0.106. The van der Waals surface area contributed by atoms with E-state index in [1.165, 1.54) is 12.1 Å². The highest BCUT2D eigenvalue weighted by Crippen LogP contribution is 2.33. The summed E-state index contributed by atoms with van der Waals surface area (Å²) < 4.78 is 45.6. The van der Waals surface area contributed by atoms with Gasteiger partial charge in [0.25, 0.3) is 0 Å². The highest BCUT2D eigenvalue weighted by molar-refractivity contribution is 5.85. The van der Waals surface area contributed by atoms with E-state index >= 15 is 0 Å². The molecular formula is C39H46O11. The molecule has 2 aliphatic rings. The summed E-state index contributed by atoms with van der Waals surface area (Å²) in [5.41, 5.74) is 3.12. The van der Waals surface area contributed by atoms with Gasteiger partial charge in [0, 0.05) is 46.9 Å². The lowest BCUT2D eigenvalue weighted by Gasteiger charge is -2.24. The smallest absolute Gasteiger partial charge is 0.465 e. The van der Waals surface area contributed by atoms with Crippen molar-refractivity contribution in [2.75, 3.05) is 26.4 Å². The molecule has 0 spiro atoms. The first-order chi connectivity index (χ1) is 24.1. The van der Waals surface area contributed by atoms with Crippen LogP contribution in [0.25, 0.3) is 21.9 Å². The van der Waals surface area contributed by atoms with Gasteiger partial charge >= 0.3 is 17.4 Å². The molecule has 2 saturated heterocycles. The fourth-order valence-electron chi connectivity index (χ4n) is 6.63. The number of carbonyl (C=O) groups excluding carboxylic acids is 1. The second-order valence-corrected chi connectivity index (χ2v) is 13.6. The van der Waals surface area contributed by atoms with E-state index in [1.54, 1.807) is 0 Å². The molecule has 11 heteroatoms. The van der Waals surface area contributed by atoms with E-state index < -0.39 is 17.4 Å². The Hall–Kier alpha value is -4.35. The van der Waals surface area contributed by atoms with Crippen molar-refractivity contribution in [3.8, 4) is 11.5 Å². The first-order valence-electron chi connectivity index (χ1n) is 17.6. The molecule has 4 aromatic rings. The minimum Gasteiger partial charge on any atom is -0.465 e. The summed E-state index contributed by atoms with van der Waals surface area (Å²) in [6, 6.07) is 10.5. The van der Waals surface area contributed by atoms with Crippen molar-refractivity contribution in [3.05, 3.63) is 79.5 Å². The zero-order chi connectivity index (χ0) is 35.2. The van der Waals surface area contributed by atoms with Crippen molar-refractivity contribution in [1.82, 2.24) is 0 Å². The molecule has 0 amide bonds. The molecule has 268 valence electrons. The van der Waals surface area contributed by atoms with E-state index in [0.29, 0.717) is 48.7 Å². The molecular weight excluding hydrogens is 644 g/mol. The Morgan fingerprint density at radius 3 is 1.54 bits per heavy atom. The summed E-state index contributed by atoms with van der Waals surface area (Å²) in [5.74, 6) is 1.05. The maximum atomic E-state index is 12.6. The van der Waals surface area contributed by atoms with Gasteiger partial charge in [-0.3, -0.25) is 0 Å². The standard InChI is InChI=1S/C39H46O11/c1-23(17-27-19-33(40)49-37-25(3)31(13-11-29(27)37)47-35-9-5-7-15-43-35)21-45-39(42)46-22-24(2)18-28-20-34(41)50-38-26(4)32(14-12-30(28)38)48-36-10-6-8-16-44-36/h11-14,19-20,23-24,35-36H,5-10,15-18,21-22H2,1-4H3. The number of rotatable bonds is 12. The number of hydrogen-bond acceptors (Lipinski definition) is 11. The predicted octanol–water partition coefficient (Wildman–Crippen LogP) is 7.54. The molecule has 4 atom stereocenters. The van der Waals surface area contributed by atoms with Gasteiger partial charge in [0.05, 0.1) is 26.4 Å². The lowest BCUT2D eigenvalue weighted by Crippen LogP contribution is -2.25. The highest BCUT2D eigenvalue weighted by Gasteiger charge is 2.22. The molecule has 2 aromatic heterocycles. The fraction of sp³-hybridized carbons (Fsp3) is 0.513. The average Bonchev–Trinajstić information content (AvgIpc) is 3.10. The van der Waals surface area contributed by atoms with Gasteiger partial charge in [-0.05, 0) is 99.6 Å². The maximum Gasteiger partial charge on any atom is 0.508 e. The zero-order valence-corrected chi connectivity index (χ0v) is 29.2. The molecule has 4 unspecified atom stereocenters. The van der Waals surface area contributed by atoms with Crippen LogP contribution in [-0.4, -0.2) is 45.2 Å². The highest BCUT2D eigenvalue weighted by atomic mass is 16.7. The molecule has 0 aliphatic carbocycles. The topological polar surface area (TPSA) is 133 Å². The van der Waals surface area contributed by atoms with E-state index in [4.69, 9.17) is 37.3 Å². The van der Waals surface area contributed by atoms with E-state index in [1.807, 2.05) is 52.0 Å². The third kappa shape index (κ3) is 8.68. The molecule has 50 heavy (non-hydrogen) atoms. The van der Waals surface area contributed by atoms with Crippen LogP contribution in [0.4, 0.5) is 4.79 Å². The third-order valence-electron chi connectivity index (χ3n) is 9.29. The Balaban J connectivity index is 1.02. The van der Waals surface area contributed by atoms with E-state index in [9.17, 15) is 14.4 Å². The number of hydrogen-bond donors (Lipinski definition) is 0. The van der Waals surface area contributed by atoms with Crippen LogP contribution in [0.3, 0.4) is 0 Å². The average molecular weight is 691 g/mol. The maximum absolute atomic E-state index is 12.6. The molecule has 0 radical (unpaired) electrons. The first kappa shape index (κ1) is 35.5. The van der Waals surface area contributed by atoms with Gasteiger partial charge in [0.15, 0.2) is 12.6 Å². The molecule has 4 heterocycles. The Morgan fingerprint density at radius 1 is 0.700 bits per heavy atom. The summed E-state index contributed by atoms with van der Waals surface area (Å²) >= 11 is 0. The molecule has 11 nitrogen and oxygen atoms in total. The largest absolute Gasteiger partial charge is 0.508 e. The fourth-order valence-corrected chi connectivity index (χ4v) is 6.63. The second-order valence-electron chi connectivity index (χ2n) is 13.6. The Bertz CT molecular complexity index is 1780. The number of ether oxygens (including phenoxy) is 6. The van der Waals surface area contributed by atoms with Crippen LogP contribution in [0.5, 0.6) is 11.5 Å². The van der Waals surface area contributed by atoms with Crippen LogP contribution in [0.2, 0.25) is 0 Å². The Morgan fingerprint density at radius 2 is 1.14 bits per heavy atom. The summed E-state index contributed by atoms with van der Waals surface area (Å²) in [6.07, 6.45) is 5.35. The summed E-state index contributed by atoms with van der Waals surface area (Å²) in [5, 5.41) is 1.61. The van der Waals surface area contributed by atoms with Crippen LogP contribution in [0.1, 0.15) is 74.6 Å². The summed E-state index contributed by atoms with van der Waals surface area (Å²) in [6.45, 7) is 9.16. The lowest BCUT2D eigenvalue weighted by atomic mass is 9.98. The predicted molar refractivity (Wildman–Crippen MR) is 186 cm³/mol. The van der Waals surface area contributed by atoms with Gasteiger partial charge < -0.3 is 37.3 Å². The van der Waals surface area contributed by atoms with Crippen LogP contribution in [0.15, 0.2) is 54.8 Å². The molecule has 0 saturated carbocycles. The number of aryl methyl sites for hydroxylation is 2. The van der Waals surface area contributed by atoms with E-state index in [2.05, 4.69) is 0 Å². The number of carbonyl (C=O) groups is 1. The van der Waals surface area contributed by atoms with Crippen molar-refractivity contribution in [2.24, 2.45) is 11.8 Å².